The molecule has 2 N–H and O–H groups in total. The van der Waals surface area contributed by atoms with Crippen LogP contribution in [0.2, 0.25) is 0 Å². The monoisotopic (exact) mass is 464 g/mol. The molecule has 4 bridgehead atoms. The van der Waals surface area contributed by atoms with Gasteiger partial charge in [-0.15, -0.1) is 0 Å². The van der Waals surface area contributed by atoms with E-state index in [9.17, 15) is 9.59 Å². The summed E-state index contributed by atoms with van der Waals surface area (Å²) in [6.07, 6.45) is 11.7. The Balaban J connectivity index is 1.24. The molecule has 5 saturated carbocycles. The van der Waals surface area contributed by atoms with Gasteiger partial charge >= 0.3 is 0 Å². The van der Waals surface area contributed by atoms with Crippen molar-refractivity contribution in [2.24, 2.45) is 35.5 Å². The van der Waals surface area contributed by atoms with E-state index in [1.807, 2.05) is 26.0 Å². The van der Waals surface area contributed by atoms with Crippen LogP contribution in [0.15, 0.2) is 24.3 Å². The van der Waals surface area contributed by atoms with Gasteiger partial charge in [0.15, 0.2) is 0 Å². The van der Waals surface area contributed by atoms with Crippen LogP contribution in [0.1, 0.15) is 101 Å². The number of hydrogen-bond acceptors (Lipinski definition) is 2. The summed E-state index contributed by atoms with van der Waals surface area (Å²) in [6, 6.07) is 8.08. The summed E-state index contributed by atoms with van der Waals surface area (Å²) in [5.74, 6) is 3.68. The highest BCUT2D eigenvalue weighted by Crippen LogP contribution is 2.60. The molecule has 0 saturated heterocycles. The van der Waals surface area contributed by atoms with Gasteiger partial charge in [0.2, 0.25) is 5.91 Å². The molecule has 4 heteroatoms. The zero-order chi connectivity index (χ0) is 24.0. The van der Waals surface area contributed by atoms with E-state index in [1.54, 1.807) is 0 Å². The van der Waals surface area contributed by atoms with Gasteiger partial charge in [-0.25, -0.2) is 0 Å². The molecule has 1 aromatic carbocycles. The van der Waals surface area contributed by atoms with Gasteiger partial charge in [-0.2, -0.15) is 0 Å². The van der Waals surface area contributed by atoms with E-state index in [0.717, 1.165) is 30.6 Å². The summed E-state index contributed by atoms with van der Waals surface area (Å²) in [5.41, 5.74) is 2.44. The van der Waals surface area contributed by atoms with E-state index in [-0.39, 0.29) is 23.8 Å². The molecule has 34 heavy (non-hydrogen) atoms. The lowest BCUT2D eigenvalue weighted by molar-refractivity contribution is -0.125. The molecular weight excluding hydrogens is 420 g/mol. The molecule has 6 rings (SSSR count). The first-order valence-corrected chi connectivity index (χ1v) is 14.0. The van der Waals surface area contributed by atoms with Gasteiger partial charge in [-0.05, 0) is 104 Å². The van der Waals surface area contributed by atoms with E-state index in [0.29, 0.717) is 22.8 Å². The third-order valence-corrected chi connectivity index (χ3v) is 10.1. The molecular formula is C30H44N2O2. The molecule has 5 aliphatic carbocycles. The minimum Gasteiger partial charge on any atom is -0.351 e. The highest BCUT2D eigenvalue weighted by molar-refractivity contribution is 5.97. The Hall–Kier alpha value is -1.84. The van der Waals surface area contributed by atoms with Crippen molar-refractivity contribution in [1.82, 2.24) is 10.6 Å². The van der Waals surface area contributed by atoms with E-state index >= 15 is 0 Å². The number of benzene rings is 1. The van der Waals surface area contributed by atoms with E-state index in [1.165, 1.54) is 50.5 Å². The lowest BCUT2D eigenvalue weighted by Gasteiger charge is -2.57. The molecule has 0 aliphatic heterocycles. The summed E-state index contributed by atoms with van der Waals surface area (Å²) in [5, 5.41) is 6.32. The lowest BCUT2D eigenvalue weighted by atomic mass is 9.48. The van der Waals surface area contributed by atoms with Crippen LogP contribution in [0, 0.1) is 35.5 Å². The van der Waals surface area contributed by atoms with Crippen LogP contribution in [-0.2, 0) is 10.2 Å². The zero-order valence-electron chi connectivity index (χ0n) is 21.6. The van der Waals surface area contributed by atoms with Crippen LogP contribution in [-0.4, -0.2) is 23.9 Å². The first-order valence-electron chi connectivity index (χ1n) is 14.0. The molecule has 0 heterocycles. The van der Waals surface area contributed by atoms with E-state index in [4.69, 9.17) is 0 Å². The van der Waals surface area contributed by atoms with Crippen LogP contribution < -0.4 is 10.6 Å². The van der Waals surface area contributed by atoms with Crippen LogP contribution in [0.5, 0.6) is 0 Å². The van der Waals surface area contributed by atoms with Gasteiger partial charge < -0.3 is 10.6 Å². The SMILES string of the molecule is CC(C)[C@H](NC(=O)c1ccc(C23CC4CC(CC(C4)C2)C3)cc1)C(=O)N[C@@H]1CCC[C@@H](C)[C@H]1C. The average molecular weight is 465 g/mol. The Morgan fingerprint density at radius 3 is 2.06 bits per heavy atom. The van der Waals surface area contributed by atoms with Crippen LogP contribution in [0.4, 0.5) is 0 Å². The van der Waals surface area contributed by atoms with Gasteiger partial charge in [-0.1, -0.05) is 52.7 Å². The Bertz CT molecular complexity index is 870. The first-order chi connectivity index (χ1) is 16.2. The number of carbonyl (C=O) groups is 2. The summed E-state index contributed by atoms with van der Waals surface area (Å²) >= 11 is 0. The maximum absolute atomic E-state index is 13.2. The minimum absolute atomic E-state index is 0.0339. The second-order valence-corrected chi connectivity index (χ2v) is 12.9. The number of nitrogens with one attached hydrogen (secondary N) is 2. The fourth-order valence-corrected chi connectivity index (χ4v) is 8.26. The first kappa shape index (κ1) is 23.9. The fraction of sp³-hybridized carbons (Fsp3) is 0.733. The maximum atomic E-state index is 13.2. The molecule has 5 aliphatic rings. The van der Waals surface area contributed by atoms with Crippen molar-refractivity contribution >= 4 is 11.8 Å². The van der Waals surface area contributed by atoms with Crippen LogP contribution in [0.3, 0.4) is 0 Å². The summed E-state index contributed by atoms with van der Waals surface area (Å²) < 4.78 is 0. The van der Waals surface area contributed by atoms with Gasteiger partial charge in [0, 0.05) is 11.6 Å². The Morgan fingerprint density at radius 1 is 0.912 bits per heavy atom. The van der Waals surface area contributed by atoms with Crippen molar-refractivity contribution in [1.29, 1.82) is 0 Å². The molecule has 0 radical (unpaired) electrons. The van der Waals surface area contributed by atoms with Gasteiger partial charge in [0.1, 0.15) is 6.04 Å². The lowest BCUT2D eigenvalue weighted by Crippen LogP contribution is -2.54. The third-order valence-electron chi connectivity index (χ3n) is 10.1. The van der Waals surface area contributed by atoms with Gasteiger partial charge in [0.05, 0.1) is 0 Å². The highest BCUT2D eigenvalue weighted by Gasteiger charge is 2.51. The third kappa shape index (κ3) is 4.54. The number of hydrogen-bond donors (Lipinski definition) is 2. The number of rotatable bonds is 6. The van der Waals surface area contributed by atoms with Crippen molar-refractivity contribution in [2.75, 3.05) is 0 Å². The quantitative estimate of drug-likeness (QED) is 0.555. The van der Waals surface area contributed by atoms with Crippen molar-refractivity contribution in [3.05, 3.63) is 35.4 Å². The molecule has 0 unspecified atom stereocenters. The largest absolute Gasteiger partial charge is 0.351 e. The van der Waals surface area contributed by atoms with Crippen molar-refractivity contribution in [3.8, 4) is 0 Å². The molecule has 5 fully saturated rings. The van der Waals surface area contributed by atoms with E-state index in [2.05, 4.69) is 36.6 Å². The predicted octanol–water partition coefficient (Wildman–Crippen LogP) is 5.85. The molecule has 0 spiro atoms. The second kappa shape index (κ2) is 9.32. The van der Waals surface area contributed by atoms with Crippen molar-refractivity contribution < 1.29 is 9.59 Å². The molecule has 186 valence electrons. The Kier molecular flexibility index (Phi) is 6.54. The van der Waals surface area contributed by atoms with Crippen molar-refractivity contribution in [3.63, 3.8) is 0 Å². The Labute approximate surface area is 206 Å². The smallest absolute Gasteiger partial charge is 0.251 e. The number of amides is 2. The highest BCUT2D eigenvalue weighted by atomic mass is 16.2. The molecule has 4 nitrogen and oxygen atoms in total. The molecule has 2 amide bonds. The minimum atomic E-state index is -0.514. The Morgan fingerprint density at radius 2 is 1.50 bits per heavy atom. The van der Waals surface area contributed by atoms with E-state index < -0.39 is 6.04 Å². The molecule has 0 aromatic heterocycles. The number of carbonyl (C=O) groups excluding carboxylic acids is 2. The van der Waals surface area contributed by atoms with Gasteiger partial charge in [-0.3, -0.25) is 9.59 Å². The standard InChI is InChI=1S/C30H44N2O2/c1-18(2)27(29(34)31-26-7-5-6-19(3)20(26)4)32-28(33)24-8-10-25(11-9-24)30-15-21-12-22(16-30)14-23(13-21)17-30/h8-11,18-23,26-27H,5-7,12-17H2,1-4H3,(H,31,34)(H,32,33)/t19-,20-,21?,22?,23?,26-,27+,30?/m1/s1. The maximum Gasteiger partial charge on any atom is 0.251 e. The summed E-state index contributed by atoms with van der Waals surface area (Å²) in [4.78, 5) is 26.3. The molecule has 4 atom stereocenters. The predicted molar refractivity (Wildman–Crippen MR) is 136 cm³/mol. The summed E-state index contributed by atoms with van der Waals surface area (Å²) in [6.45, 7) is 8.53. The topological polar surface area (TPSA) is 58.2 Å². The average Bonchev–Trinajstić information content (AvgIpc) is 2.79. The second-order valence-electron chi connectivity index (χ2n) is 12.9. The molecule has 1 aromatic rings. The fourth-order valence-electron chi connectivity index (χ4n) is 8.26. The van der Waals surface area contributed by atoms with Crippen molar-refractivity contribution in [2.45, 2.75) is 103 Å². The van der Waals surface area contributed by atoms with Crippen LogP contribution >= 0.6 is 0 Å². The van der Waals surface area contributed by atoms with Gasteiger partial charge in [0.25, 0.3) is 5.91 Å². The summed E-state index contributed by atoms with van der Waals surface area (Å²) in [7, 11) is 0. The van der Waals surface area contributed by atoms with Crippen LogP contribution in [0.25, 0.3) is 0 Å². The normalized spacial score (nSPS) is 37.4. The zero-order valence-corrected chi connectivity index (χ0v) is 21.6.